The van der Waals surface area contributed by atoms with Gasteiger partial charge in [0.05, 0.1) is 11.8 Å². The molecule has 2 aromatic heterocycles. The van der Waals surface area contributed by atoms with Crippen LogP contribution >= 0.6 is 11.3 Å². The average molecular weight is 343 g/mol. The van der Waals surface area contributed by atoms with Crippen LogP contribution in [0, 0.1) is 5.92 Å². The van der Waals surface area contributed by atoms with Gasteiger partial charge in [0.1, 0.15) is 5.01 Å². The molecular formula is C18H21N3O2S. The number of nitrogens with one attached hydrogen (secondary N) is 1. The SMILES string of the molecule is O=C(NCC1CCCO1)C1CCc2nc(-c3ccncc3)sc2C1. The predicted octanol–water partition coefficient (Wildman–Crippen LogP) is 2.61. The molecule has 5 nitrogen and oxygen atoms in total. The highest BCUT2D eigenvalue weighted by molar-refractivity contribution is 7.15. The highest BCUT2D eigenvalue weighted by Gasteiger charge is 2.28. The minimum atomic E-state index is 0.0599. The van der Waals surface area contributed by atoms with Crippen LogP contribution in [0.15, 0.2) is 24.5 Å². The highest BCUT2D eigenvalue weighted by Crippen LogP contribution is 2.34. The van der Waals surface area contributed by atoms with E-state index in [0.717, 1.165) is 55.0 Å². The number of fused-ring (bicyclic) bond motifs is 1. The summed E-state index contributed by atoms with van der Waals surface area (Å²) in [6.07, 6.45) is 8.50. The van der Waals surface area contributed by atoms with Crippen molar-refractivity contribution in [2.45, 2.75) is 38.2 Å². The molecule has 126 valence electrons. The van der Waals surface area contributed by atoms with E-state index >= 15 is 0 Å². The second kappa shape index (κ2) is 6.99. The van der Waals surface area contributed by atoms with Crippen LogP contribution in [-0.4, -0.2) is 35.1 Å². The van der Waals surface area contributed by atoms with E-state index in [1.165, 1.54) is 4.88 Å². The highest BCUT2D eigenvalue weighted by atomic mass is 32.1. The van der Waals surface area contributed by atoms with Crippen molar-refractivity contribution in [1.82, 2.24) is 15.3 Å². The Morgan fingerprint density at radius 3 is 3.00 bits per heavy atom. The van der Waals surface area contributed by atoms with Gasteiger partial charge in [-0.25, -0.2) is 4.98 Å². The van der Waals surface area contributed by atoms with Crippen molar-refractivity contribution >= 4 is 17.2 Å². The molecule has 1 fully saturated rings. The summed E-state index contributed by atoms with van der Waals surface area (Å²) in [7, 11) is 0. The zero-order valence-electron chi connectivity index (χ0n) is 13.5. The lowest BCUT2D eigenvalue weighted by Crippen LogP contribution is -2.38. The Labute approximate surface area is 145 Å². The van der Waals surface area contributed by atoms with Gasteiger partial charge in [-0.1, -0.05) is 0 Å². The topological polar surface area (TPSA) is 64.1 Å². The fourth-order valence-corrected chi connectivity index (χ4v) is 4.57. The Balaban J connectivity index is 1.40. The van der Waals surface area contributed by atoms with Crippen molar-refractivity contribution in [3.63, 3.8) is 0 Å². The fraction of sp³-hybridized carbons (Fsp3) is 0.500. The predicted molar refractivity (Wildman–Crippen MR) is 92.8 cm³/mol. The van der Waals surface area contributed by atoms with Crippen molar-refractivity contribution < 1.29 is 9.53 Å². The maximum Gasteiger partial charge on any atom is 0.223 e. The van der Waals surface area contributed by atoms with Crippen molar-refractivity contribution in [3.05, 3.63) is 35.1 Å². The second-order valence-corrected chi connectivity index (χ2v) is 7.53. The third-order valence-electron chi connectivity index (χ3n) is 4.77. The maximum atomic E-state index is 12.5. The molecule has 2 aromatic rings. The number of nitrogens with zero attached hydrogens (tertiary/aromatic N) is 2. The zero-order valence-corrected chi connectivity index (χ0v) is 14.3. The molecule has 1 N–H and O–H groups in total. The minimum Gasteiger partial charge on any atom is -0.376 e. The number of carbonyl (C=O) groups is 1. The lowest BCUT2D eigenvalue weighted by molar-refractivity contribution is -0.125. The lowest BCUT2D eigenvalue weighted by atomic mass is 9.90. The summed E-state index contributed by atoms with van der Waals surface area (Å²) in [6, 6.07) is 3.96. The molecule has 1 aliphatic carbocycles. The van der Waals surface area contributed by atoms with E-state index in [9.17, 15) is 4.79 Å². The van der Waals surface area contributed by atoms with E-state index in [2.05, 4.69) is 10.3 Å². The van der Waals surface area contributed by atoms with E-state index in [1.54, 1.807) is 23.7 Å². The molecule has 2 atom stereocenters. The van der Waals surface area contributed by atoms with Crippen LogP contribution < -0.4 is 5.32 Å². The third-order valence-corrected chi connectivity index (χ3v) is 5.93. The number of carbonyl (C=O) groups excluding carboxylic acids is 1. The summed E-state index contributed by atoms with van der Waals surface area (Å²) in [5, 5.41) is 4.11. The van der Waals surface area contributed by atoms with Crippen LogP contribution in [0.2, 0.25) is 0 Å². The first-order valence-corrected chi connectivity index (χ1v) is 9.39. The Kier molecular flexibility index (Phi) is 4.58. The minimum absolute atomic E-state index is 0.0599. The first-order valence-electron chi connectivity index (χ1n) is 8.58. The standard InChI is InChI=1S/C18H21N3O2S/c22-17(20-11-14-2-1-9-23-14)13-3-4-15-16(10-13)24-18(21-15)12-5-7-19-8-6-12/h5-8,13-14H,1-4,9-11H2,(H,20,22). The van der Waals surface area contributed by atoms with E-state index < -0.39 is 0 Å². The van der Waals surface area contributed by atoms with Crippen LogP contribution in [0.1, 0.15) is 29.8 Å². The molecule has 6 heteroatoms. The van der Waals surface area contributed by atoms with Gasteiger partial charge in [0.25, 0.3) is 0 Å². The molecule has 1 amide bonds. The number of aryl methyl sites for hydroxylation is 1. The summed E-state index contributed by atoms with van der Waals surface area (Å²) in [5.74, 6) is 0.222. The molecule has 1 saturated heterocycles. The van der Waals surface area contributed by atoms with Crippen LogP contribution in [0.3, 0.4) is 0 Å². The number of hydrogen-bond donors (Lipinski definition) is 1. The zero-order chi connectivity index (χ0) is 16.4. The Morgan fingerprint density at radius 2 is 2.21 bits per heavy atom. The van der Waals surface area contributed by atoms with Crippen molar-refractivity contribution in [2.24, 2.45) is 5.92 Å². The molecule has 0 bridgehead atoms. The van der Waals surface area contributed by atoms with Crippen LogP contribution in [-0.2, 0) is 22.4 Å². The Morgan fingerprint density at radius 1 is 1.33 bits per heavy atom. The smallest absolute Gasteiger partial charge is 0.223 e. The molecule has 0 aromatic carbocycles. The van der Waals surface area contributed by atoms with Crippen molar-refractivity contribution in [2.75, 3.05) is 13.2 Å². The molecule has 0 spiro atoms. The van der Waals surface area contributed by atoms with E-state index in [1.807, 2.05) is 12.1 Å². The van der Waals surface area contributed by atoms with Crippen LogP contribution in [0.4, 0.5) is 0 Å². The maximum absolute atomic E-state index is 12.5. The van der Waals surface area contributed by atoms with E-state index in [-0.39, 0.29) is 17.9 Å². The molecule has 0 radical (unpaired) electrons. The van der Waals surface area contributed by atoms with Gasteiger partial charge >= 0.3 is 0 Å². The van der Waals surface area contributed by atoms with Gasteiger partial charge in [0.15, 0.2) is 0 Å². The molecule has 2 unspecified atom stereocenters. The first kappa shape index (κ1) is 15.7. The van der Waals surface area contributed by atoms with Crippen LogP contribution in [0.25, 0.3) is 10.6 Å². The summed E-state index contributed by atoms with van der Waals surface area (Å²) in [4.78, 5) is 22.5. The van der Waals surface area contributed by atoms with E-state index in [0.29, 0.717) is 6.54 Å². The molecule has 3 heterocycles. The molecular weight excluding hydrogens is 322 g/mol. The number of hydrogen-bond acceptors (Lipinski definition) is 5. The molecule has 1 aliphatic heterocycles. The third kappa shape index (κ3) is 3.35. The monoisotopic (exact) mass is 343 g/mol. The van der Waals surface area contributed by atoms with Gasteiger partial charge in [0.2, 0.25) is 5.91 Å². The summed E-state index contributed by atoms with van der Waals surface area (Å²) in [5.41, 5.74) is 2.26. The summed E-state index contributed by atoms with van der Waals surface area (Å²) in [6.45, 7) is 1.47. The number of ether oxygens (including phenoxy) is 1. The van der Waals surface area contributed by atoms with E-state index in [4.69, 9.17) is 9.72 Å². The van der Waals surface area contributed by atoms with Crippen LogP contribution in [0.5, 0.6) is 0 Å². The van der Waals surface area contributed by atoms with Gasteiger partial charge in [-0.15, -0.1) is 11.3 Å². The van der Waals surface area contributed by atoms with Gasteiger partial charge in [-0.05, 0) is 44.2 Å². The number of pyridine rings is 1. The number of amides is 1. The lowest BCUT2D eigenvalue weighted by Gasteiger charge is -2.21. The summed E-state index contributed by atoms with van der Waals surface area (Å²) >= 11 is 1.71. The van der Waals surface area contributed by atoms with Crippen molar-refractivity contribution in [1.29, 1.82) is 0 Å². The van der Waals surface area contributed by atoms with Gasteiger partial charge < -0.3 is 10.1 Å². The number of aromatic nitrogens is 2. The second-order valence-electron chi connectivity index (χ2n) is 6.44. The number of rotatable bonds is 4. The van der Waals surface area contributed by atoms with Gasteiger partial charge in [0, 0.05) is 41.9 Å². The molecule has 4 rings (SSSR count). The fourth-order valence-electron chi connectivity index (χ4n) is 3.38. The van der Waals surface area contributed by atoms with Gasteiger partial charge in [-0.2, -0.15) is 0 Å². The Hall–Kier alpha value is -1.79. The van der Waals surface area contributed by atoms with Gasteiger partial charge in [-0.3, -0.25) is 9.78 Å². The number of thiazole rings is 1. The Bertz CT molecular complexity index is 710. The first-order chi connectivity index (χ1) is 11.8. The molecule has 0 saturated carbocycles. The largest absolute Gasteiger partial charge is 0.376 e. The average Bonchev–Trinajstić information content (AvgIpc) is 3.29. The summed E-state index contributed by atoms with van der Waals surface area (Å²) < 4.78 is 5.57. The normalized spacial score (nSPS) is 23.0. The van der Waals surface area contributed by atoms with Crippen molar-refractivity contribution in [3.8, 4) is 10.6 Å². The molecule has 2 aliphatic rings. The quantitative estimate of drug-likeness (QED) is 0.927. The molecule has 24 heavy (non-hydrogen) atoms.